The maximum absolute atomic E-state index is 13.3. The highest BCUT2D eigenvalue weighted by atomic mass is 19.1. The monoisotopic (exact) mass is 286 g/mol. The molecule has 0 fully saturated rings. The van der Waals surface area contributed by atoms with Crippen LogP contribution in [-0.2, 0) is 11.3 Å². The number of carboxylic acids is 1. The summed E-state index contributed by atoms with van der Waals surface area (Å²) in [6.07, 6.45) is 0. The molecule has 2 amide bonds. The lowest BCUT2D eigenvalue weighted by molar-refractivity contribution is -0.140. The van der Waals surface area contributed by atoms with E-state index in [4.69, 9.17) is 5.11 Å². The Balaban J connectivity index is 2.62. The summed E-state index contributed by atoms with van der Waals surface area (Å²) in [5, 5.41) is 13.4. The molecule has 3 N–H and O–H groups in total. The highest BCUT2D eigenvalue weighted by Gasteiger charge is 2.23. The van der Waals surface area contributed by atoms with Crippen LogP contribution in [0.3, 0.4) is 0 Å². The van der Waals surface area contributed by atoms with Crippen LogP contribution in [0.1, 0.15) is 19.4 Å². The van der Waals surface area contributed by atoms with Crippen molar-refractivity contribution in [1.82, 2.24) is 10.6 Å². The van der Waals surface area contributed by atoms with Gasteiger partial charge in [-0.25, -0.2) is 18.4 Å². The summed E-state index contributed by atoms with van der Waals surface area (Å²) in [5.74, 6) is -3.04. The first-order valence-corrected chi connectivity index (χ1v) is 6.03. The van der Waals surface area contributed by atoms with Crippen molar-refractivity contribution in [3.8, 4) is 0 Å². The van der Waals surface area contributed by atoms with Gasteiger partial charge in [0.15, 0.2) is 0 Å². The van der Waals surface area contributed by atoms with Crippen molar-refractivity contribution in [2.45, 2.75) is 26.4 Å². The largest absolute Gasteiger partial charge is 0.480 e. The van der Waals surface area contributed by atoms with Gasteiger partial charge in [-0.05, 0) is 18.1 Å². The molecule has 0 heterocycles. The van der Waals surface area contributed by atoms with E-state index in [9.17, 15) is 18.4 Å². The fourth-order valence-electron chi connectivity index (χ4n) is 1.58. The van der Waals surface area contributed by atoms with Crippen molar-refractivity contribution in [2.24, 2.45) is 5.92 Å². The van der Waals surface area contributed by atoms with E-state index >= 15 is 0 Å². The predicted molar refractivity (Wildman–Crippen MR) is 68.0 cm³/mol. The van der Waals surface area contributed by atoms with Gasteiger partial charge in [-0.3, -0.25) is 0 Å². The van der Waals surface area contributed by atoms with Gasteiger partial charge >= 0.3 is 12.0 Å². The van der Waals surface area contributed by atoms with Crippen LogP contribution in [0, 0.1) is 17.6 Å². The summed E-state index contributed by atoms with van der Waals surface area (Å²) in [4.78, 5) is 22.4. The Labute approximate surface area is 115 Å². The van der Waals surface area contributed by atoms with Crippen molar-refractivity contribution in [3.63, 3.8) is 0 Å². The lowest BCUT2D eigenvalue weighted by Crippen LogP contribution is -2.48. The zero-order chi connectivity index (χ0) is 15.3. The van der Waals surface area contributed by atoms with Crippen LogP contribution in [0.25, 0.3) is 0 Å². The topological polar surface area (TPSA) is 78.4 Å². The second-order valence-electron chi connectivity index (χ2n) is 4.59. The summed E-state index contributed by atoms with van der Waals surface area (Å²) in [5.41, 5.74) is -0.279. The number of nitrogens with one attached hydrogen (secondary N) is 2. The molecule has 110 valence electrons. The molecule has 1 rings (SSSR count). The molecule has 1 aromatic rings. The second kappa shape index (κ2) is 6.83. The number of carboxylic acid groups (broad SMARTS) is 1. The minimum atomic E-state index is -1.17. The Bertz CT molecular complexity index is 486. The summed E-state index contributed by atoms with van der Waals surface area (Å²) in [6, 6.07) is 1.50. The van der Waals surface area contributed by atoms with E-state index in [1.54, 1.807) is 13.8 Å². The molecule has 0 aliphatic heterocycles. The van der Waals surface area contributed by atoms with Crippen LogP contribution < -0.4 is 10.6 Å². The highest BCUT2D eigenvalue weighted by Crippen LogP contribution is 2.11. The molecule has 1 aromatic carbocycles. The number of urea groups is 1. The van der Waals surface area contributed by atoms with Gasteiger partial charge in [0.2, 0.25) is 0 Å². The van der Waals surface area contributed by atoms with Crippen molar-refractivity contribution < 1.29 is 23.5 Å². The first-order valence-electron chi connectivity index (χ1n) is 6.03. The third-order valence-corrected chi connectivity index (χ3v) is 2.71. The molecule has 20 heavy (non-hydrogen) atoms. The Hall–Kier alpha value is -2.18. The fourth-order valence-corrected chi connectivity index (χ4v) is 1.58. The Morgan fingerprint density at radius 1 is 1.25 bits per heavy atom. The number of carbonyl (C=O) groups excluding carboxylic acids is 1. The number of aliphatic carboxylic acids is 1. The lowest BCUT2D eigenvalue weighted by atomic mass is 10.1. The Morgan fingerprint density at radius 3 is 2.25 bits per heavy atom. The number of rotatable bonds is 5. The smallest absolute Gasteiger partial charge is 0.326 e. The van der Waals surface area contributed by atoms with Crippen LogP contribution in [0.4, 0.5) is 13.6 Å². The SMILES string of the molecule is CC(C)C(NC(=O)NCc1c(F)cccc1F)C(=O)O. The summed E-state index contributed by atoms with van der Waals surface area (Å²) >= 11 is 0. The maximum atomic E-state index is 13.3. The number of hydrogen-bond acceptors (Lipinski definition) is 2. The van der Waals surface area contributed by atoms with Crippen molar-refractivity contribution in [2.75, 3.05) is 0 Å². The van der Waals surface area contributed by atoms with E-state index in [1.807, 2.05) is 0 Å². The Morgan fingerprint density at radius 2 is 1.80 bits per heavy atom. The molecular formula is C13H16F2N2O3. The molecule has 0 saturated carbocycles. The fraction of sp³-hybridized carbons (Fsp3) is 0.385. The second-order valence-corrected chi connectivity index (χ2v) is 4.59. The van der Waals surface area contributed by atoms with Gasteiger partial charge in [-0.2, -0.15) is 0 Å². The van der Waals surface area contributed by atoms with Crippen LogP contribution in [0.2, 0.25) is 0 Å². The number of benzene rings is 1. The molecule has 5 nitrogen and oxygen atoms in total. The van der Waals surface area contributed by atoms with E-state index in [0.29, 0.717) is 0 Å². The van der Waals surface area contributed by atoms with Crippen molar-refractivity contribution in [1.29, 1.82) is 0 Å². The minimum absolute atomic E-state index is 0.279. The minimum Gasteiger partial charge on any atom is -0.480 e. The van der Waals surface area contributed by atoms with Gasteiger partial charge in [-0.1, -0.05) is 19.9 Å². The van der Waals surface area contributed by atoms with Gasteiger partial charge in [0, 0.05) is 5.56 Å². The highest BCUT2D eigenvalue weighted by molar-refractivity contribution is 5.82. The molecule has 0 spiro atoms. The summed E-state index contributed by atoms with van der Waals surface area (Å²) in [6.45, 7) is 2.90. The van der Waals surface area contributed by atoms with Crippen LogP contribution in [0.15, 0.2) is 18.2 Å². The molecule has 1 unspecified atom stereocenters. The third kappa shape index (κ3) is 4.18. The molecule has 0 radical (unpaired) electrons. The zero-order valence-electron chi connectivity index (χ0n) is 11.1. The lowest BCUT2D eigenvalue weighted by Gasteiger charge is -2.18. The van der Waals surface area contributed by atoms with E-state index in [0.717, 1.165) is 12.1 Å². The molecule has 0 aromatic heterocycles. The van der Waals surface area contributed by atoms with E-state index in [2.05, 4.69) is 10.6 Å². The van der Waals surface area contributed by atoms with Gasteiger partial charge < -0.3 is 15.7 Å². The standard InChI is InChI=1S/C13H16F2N2O3/c1-7(2)11(12(18)19)17-13(20)16-6-8-9(14)4-3-5-10(8)15/h3-5,7,11H,6H2,1-2H3,(H,18,19)(H2,16,17,20). The summed E-state index contributed by atoms with van der Waals surface area (Å²) in [7, 11) is 0. The third-order valence-electron chi connectivity index (χ3n) is 2.71. The van der Waals surface area contributed by atoms with E-state index < -0.39 is 29.7 Å². The molecule has 0 aliphatic rings. The molecular weight excluding hydrogens is 270 g/mol. The van der Waals surface area contributed by atoms with Crippen LogP contribution >= 0.6 is 0 Å². The van der Waals surface area contributed by atoms with Gasteiger partial charge in [0.25, 0.3) is 0 Å². The number of halogens is 2. The Kier molecular flexibility index (Phi) is 5.42. The number of amides is 2. The van der Waals surface area contributed by atoms with E-state index in [-0.39, 0.29) is 18.0 Å². The normalized spacial score (nSPS) is 12.1. The zero-order valence-corrected chi connectivity index (χ0v) is 11.1. The molecule has 0 aliphatic carbocycles. The van der Waals surface area contributed by atoms with E-state index in [1.165, 1.54) is 6.07 Å². The first kappa shape index (κ1) is 15.9. The molecule has 1 atom stereocenters. The average molecular weight is 286 g/mol. The summed E-state index contributed by atoms with van der Waals surface area (Å²) < 4.78 is 26.6. The molecule has 7 heteroatoms. The number of hydrogen-bond donors (Lipinski definition) is 3. The molecule has 0 bridgehead atoms. The maximum Gasteiger partial charge on any atom is 0.326 e. The number of carbonyl (C=O) groups is 2. The average Bonchev–Trinajstić information content (AvgIpc) is 2.34. The van der Waals surface area contributed by atoms with Gasteiger partial charge in [0.1, 0.15) is 17.7 Å². The van der Waals surface area contributed by atoms with Crippen LogP contribution in [0.5, 0.6) is 0 Å². The molecule has 0 saturated heterocycles. The predicted octanol–water partition coefficient (Wildman–Crippen LogP) is 1.87. The van der Waals surface area contributed by atoms with Crippen LogP contribution in [-0.4, -0.2) is 23.1 Å². The van der Waals surface area contributed by atoms with Crippen molar-refractivity contribution >= 4 is 12.0 Å². The quantitative estimate of drug-likeness (QED) is 0.773. The van der Waals surface area contributed by atoms with Crippen molar-refractivity contribution in [3.05, 3.63) is 35.4 Å². The van der Waals surface area contributed by atoms with Gasteiger partial charge in [0.05, 0.1) is 6.54 Å². The van der Waals surface area contributed by atoms with Gasteiger partial charge in [-0.15, -0.1) is 0 Å². The first-order chi connectivity index (χ1) is 9.32.